The molecule has 4 aromatic rings. The number of rotatable bonds is 8. The van der Waals surface area contributed by atoms with Crippen LogP contribution in [-0.4, -0.2) is 47.6 Å². The number of alkyl halides is 3. The van der Waals surface area contributed by atoms with Gasteiger partial charge in [-0.05, 0) is 60.0 Å². The molecule has 13 heteroatoms. The Labute approximate surface area is 274 Å². The zero-order valence-corrected chi connectivity index (χ0v) is 28.4. The predicted octanol–water partition coefficient (Wildman–Crippen LogP) is 6.60. The van der Waals surface area contributed by atoms with Crippen LogP contribution in [0, 0.1) is 36.9 Å². The van der Waals surface area contributed by atoms with Gasteiger partial charge in [0.2, 0.25) is 5.71 Å². The van der Waals surface area contributed by atoms with E-state index in [2.05, 4.69) is 26.8 Å². The van der Waals surface area contributed by atoms with Gasteiger partial charge in [-0.25, -0.2) is 15.2 Å². The molecule has 0 radical (unpaired) electrons. The van der Waals surface area contributed by atoms with Crippen molar-refractivity contribution in [3.63, 3.8) is 0 Å². The third-order valence-electron chi connectivity index (χ3n) is 6.61. The molecule has 0 aliphatic carbocycles. The quantitative estimate of drug-likeness (QED) is 0.0901. The standard InChI is InChI=1S/C31H27F4N5O3.U/c1-5-38-29(36)30(2,3)40-26(41)19-8-6-7-18(15-19)21-16-22-24(27(42)37-4)25(17-9-11-20(32)12-10-17)43-28(22)39-23(21)13-14-31(33,34)35;/h6-12,15-16H,13-14H2,1-4H3,(H,37,42)(H,40,41);/q-2;+2. The van der Waals surface area contributed by atoms with Crippen LogP contribution in [0.1, 0.15) is 53.6 Å². The van der Waals surface area contributed by atoms with Crippen molar-refractivity contribution in [3.8, 4) is 22.5 Å². The second-order valence-corrected chi connectivity index (χ2v) is 10.2. The third-order valence-corrected chi connectivity index (χ3v) is 6.61. The smallest absolute Gasteiger partial charge is 0.643 e. The first kappa shape index (κ1) is 34.7. The molecular weight excluding hydrogens is 804 g/mol. The fraction of sp³-hybridized carbons (Fsp3) is 0.258. The van der Waals surface area contributed by atoms with Crippen LogP contribution < -0.4 is 10.6 Å². The summed E-state index contributed by atoms with van der Waals surface area (Å²) >= 11 is 0. The van der Waals surface area contributed by atoms with E-state index in [9.17, 15) is 32.6 Å². The molecule has 44 heavy (non-hydrogen) atoms. The molecule has 8 nitrogen and oxygen atoms in total. The zero-order valence-electron chi connectivity index (χ0n) is 24.2. The van der Waals surface area contributed by atoms with E-state index in [0.717, 1.165) is 0 Å². The summed E-state index contributed by atoms with van der Waals surface area (Å²) in [6.07, 6.45) is -3.72. The fourth-order valence-corrected chi connectivity index (χ4v) is 4.40. The van der Waals surface area contributed by atoms with Crippen LogP contribution in [0.15, 0.2) is 64.0 Å². The molecule has 0 atom stereocenters. The maximum Gasteiger partial charge on any atom is 2.00 e. The van der Waals surface area contributed by atoms with Crippen molar-refractivity contribution in [2.45, 2.75) is 45.3 Å². The number of amidine groups is 1. The Hall–Kier alpha value is -3.82. The van der Waals surface area contributed by atoms with E-state index in [4.69, 9.17) is 4.42 Å². The molecule has 0 bridgehead atoms. The van der Waals surface area contributed by atoms with Crippen molar-refractivity contribution in [2.24, 2.45) is 4.99 Å². The van der Waals surface area contributed by atoms with Gasteiger partial charge in [0.15, 0.2) is 0 Å². The number of pyridine rings is 1. The predicted molar refractivity (Wildman–Crippen MR) is 156 cm³/mol. The van der Waals surface area contributed by atoms with Crippen molar-refractivity contribution in [1.29, 1.82) is 0 Å². The number of hydrogen-bond donors (Lipinski definition) is 2. The topological polar surface area (TPSA) is 119 Å². The van der Waals surface area contributed by atoms with Gasteiger partial charge in [-0.3, -0.25) is 9.59 Å². The summed E-state index contributed by atoms with van der Waals surface area (Å²) in [6, 6.07) is 12.8. The number of fused-ring (bicyclic) bond motifs is 1. The van der Waals surface area contributed by atoms with E-state index in [1.807, 2.05) is 0 Å². The maximum atomic E-state index is 13.6. The molecule has 0 saturated heterocycles. The number of furan rings is 1. The zero-order chi connectivity index (χ0) is 31.5. The molecule has 2 aromatic carbocycles. The van der Waals surface area contributed by atoms with Crippen molar-refractivity contribution in [3.05, 3.63) is 82.6 Å². The molecule has 0 aliphatic heterocycles. The molecule has 2 aromatic heterocycles. The number of carbonyl (C=O) groups is 2. The SMILES string of the molecule is C[C-]=NC(=[N-])C(C)(C)NC(=O)c1cccc(-c2cc3c(C(=O)NC)c(-c4ccc(F)cc4)oc3nc2CCC(F)(F)F)c1.[U+2]. The third kappa shape index (κ3) is 7.82. The van der Waals surface area contributed by atoms with Crippen LogP contribution in [0.25, 0.3) is 39.0 Å². The number of aromatic nitrogens is 1. The van der Waals surface area contributed by atoms with E-state index >= 15 is 0 Å². The Bertz CT molecular complexity index is 1730. The normalized spacial score (nSPS) is 11.8. The van der Waals surface area contributed by atoms with Crippen molar-refractivity contribution in [1.82, 2.24) is 15.6 Å². The van der Waals surface area contributed by atoms with Crippen LogP contribution in [0.5, 0.6) is 0 Å². The minimum absolute atomic E-state index is 0. The molecule has 0 unspecified atom stereocenters. The summed E-state index contributed by atoms with van der Waals surface area (Å²) in [6.45, 7) is 4.56. The van der Waals surface area contributed by atoms with E-state index in [0.29, 0.717) is 11.1 Å². The van der Waals surface area contributed by atoms with Gasteiger partial charge < -0.3 is 31.7 Å². The molecular formula is C31H27F4N5O3U. The molecule has 2 heterocycles. The van der Waals surface area contributed by atoms with Gasteiger partial charge in [-0.15, -0.1) is 6.92 Å². The number of aryl methyl sites for hydroxylation is 1. The van der Waals surface area contributed by atoms with E-state index in [1.165, 1.54) is 70.3 Å². The minimum Gasteiger partial charge on any atom is -0.643 e. The minimum atomic E-state index is -4.48. The van der Waals surface area contributed by atoms with Crippen LogP contribution in [0.3, 0.4) is 0 Å². The summed E-state index contributed by atoms with van der Waals surface area (Å²) in [5.41, 5.74) is -0.101. The van der Waals surface area contributed by atoms with Gasteiger partial charge in [0.25, 0.3) is 11.8 Å². The summed E-state index contributed by atoms with van der Waals surface area (Å²) in [7, 11) is 1.41. The molecule has 0 spiro atoms. The number of nitrogens with zero attached hydrogens (tertiary/aromatic N) is 3. The van der Waals surface area contributed by atoms with Crippen molar-refractivity contribution >= 4 is 35.0 Å². The Balaban J connectivity index is 0.00000529. The van der Waals surface area contributed by atoms with Crippen molar-refractivity contribution in [2.75, 3.05) is 7.05 Å². The molecule has 2 amide bonds. The monoisotopic (exact) mass is 831 g/mol. The summed E-state index contributed by atoms with van der Waals surface area (Å²) in [5.74, 6) is -1.94. The molecule has 226 valence electrons. The second kappa shape index (κ2) is 13.9. The Morgan fingerprint density at radius 1 is 1.05 bits per heavy atom. The number of benzene rings is 2. The van der Waals surface area contributed by atoms with E-state index < -0.39 is 42.2 Å². The Morgan fingerprint density at radius 2 is 1.73 bits per heavy atom. The molecule has 2 N–H and O–H groups in total. The van der Waals surface area contributed by atoms with Crippen LogP contribution >= 0.6 is 0 Å². The molecule has 0 aliphatic rings. The number of aliphatic imine (C=N–C) groups is 1. The Kier molecular flexibility index (Phi) is 10.9. The van der Waals surface area contributed by atoms with Gasteiger partial charge in [0.05, 0.1) is 16.6 Å². The number of nitrogens with one attached hydrogen (secondary N) is 2. The molecule has 0 fully saturated rings. The molecule has 4 rings (SSSR count). The maximum absolute atomic E-state index is 13.6. The average Bonchev–Trinajstić information content (AvgIpc) is 3.33. The largest absolute Gasteiger partial charge is 2.00 e. The van der Waals surface area contributed by atoms with E-state index in [-0.39, 0.29) is 76.2 Å². The number of halogens is 4. The van der Waals surface area contributed by atoms with Crippen LogP contribution in [-0.2, 0) is 6.42 Å². The van der Waals surface area contributed by atoms with E-state index in [1.54, 1.807) is 12.1 Å². The summed E-state index contributed by atoms with van der Waals surface area (Å²) in [5, 5.41) is 15.6. The van der Waals surface area contributed by atoms with Gasteiger partial charge in [0, 0.05) is 30.2 Å². The second-order valence-electron chi connectivity index (χ2n) is 10.2. The van der Waals surface area contributed by atoms with Gasteiger partial charge in [-0.1, -0.05) is 26.0 Å². The molecule has 0 saturated carbocycles. The summed E-state index contributed by atoms with van der Waals surface area (Å²) < 4.78 is 59.4. The van der Waals surface area contributed by atoms with Crippen LogP contribution in [0.4, 0.5) is 17.6 Å². The first-order valence-corrected chi connectivity index (χ1v) is 13.1. The number of amides is 2. The Morgan fingerprint density at radius 3 is 2.34 bits per heavy atom. The first-order chi connectivity index (χ1) is 20.2. The van der Waals surface area contributed by atoms with Gasteiger partial charge in [-0.2, -0.15) is 13.2 Å². The number of carbonyl (C=O) groups excluding carboxylic acids is 2. The fourth-order valence-electron chi connectivity index (χ4n) is 4.40. The van der Waals surface area contributed by atoms with Crippen LogP contribution in [0.2, 0.25) is 0 Å². The first-order valence-electron chi connectivity index (χ1n) is 13.1. The van der Waals surface area contributed by atoms with Gasteiger partial charge in [0.1, 0.15) is 11.6 Å². The number of hydrogen-bond acceptors (Lipinski definition) is 4. The van der Waals surface area contributed by atoms with Crippen molar-refractivity contribution < 1.29 is 62.7 Å². The summed E-state index contributed by atoms with van der Waals surface area (Å²) in [4.78, 5) is 34.2. The average molecular weight is 832 g/mol. The van der Waals surface area contributed by atoms with Gasteiger partial charge >= 0.3 is 37.3 Å².